The van der Waals surface area contributed by atoms with E-state index >= 15 is 0 Å². The molecule has 3 rings (SSSR count). The first-order valence-electron chi connectivity index (χ1n) is 6.37. The van der Waals surface area contributed by atoms with Gasteiger partial charge >= 0.3 is 0 Å². The van der Waals surface area contributed by atoms with Gasteiger partial charge in [0.2, 0.25) is 0 Å². The van der Waals surface area contributed by atoms with Crippen molar-refractivity contribution in [2.75, 3.05) is 26.2 Å². The molecule has 0 unspecified atom stereocenters. The van der Waals surface area contributed by atoms with Gasteiger partial charge in [-0.3, -0.25) is 4.90 Å². The molecule has 0 spiro atoms. The lowest BCUT2D eigenvalue weighted by Crippen LogP contribution is -2.27. The van der Waals surface area contributed by atoms with E-state index in [1.807, 2.05) is 22.7 Å². The summed E-state index contributed by atoms with van der Waals surface area (Å²) in [6.07, 6.45) is 5.18. The summed E-state index contributed by atoms with van der Waals surface area (Å²) in [5.41, 5.74) is 2.07. The maximum atomic E-state index is 5.97. The number of halogens is 2. The molecule has 0 amide bonds. The van der Waals surface area contributed by atoms with E-state index < -0.39 is 0 Å². The molecule has 2 aromatic heterocycles. The van der Waals surface area contributed by atoms with Crippen LogP contribution in [0.15, 0.2) is 24.5 Å². The highest BCUT2D eigenvalue weighted by Gasteiger charge is 2.11. The van der Waals surface area contributed by atoms with E-state index in [9.17, 15) is 0 Å². The zero-order chi connectivity index (χ0) is 12.4. The zero-order valence-corrected chi connectivity index (χ0v) is 12.3. The van der Waals surface area contributed by atoms with Gasteiger partial charge in [-0.15, -0.1) is 12.4 Å². The second kappa shape index (κ2) is 6.57. The Morgan fingerprint density at radius 1 is 1.21 bits per heavy atom. The SMILES string of the molecule is Cl.Clc1ccc2nc(CN3CCCNCC3)cn2c1. The third-order valence-electron chi connectivity index (χ3n) is 3.28. The molecule has 1 saturated heterocycles. The molecule has 0 aromatic carbocycles. The zero-order valence-electron chi connectivity index (χ0n) is 10.7. The molecule has 0 saturated carbocycles. The summed E-state index contributed by atoms with van der Waals surface area (Å²) >= 11 is 5.97. The highest BCUT2D eigenvalue weighted by atomic mass is 35.5. The molecule has 104 valence electrons. The fourth-order valence-corrected chi connectivity index (χ4v) is 2.55. The molecule has 19 heavy (non-hydrogen) atoms. The fraction of sp³-hybridized carbons (Fsp3) is 0.462. The van der Waals surface area contributed by atoms with E-state index in [4.69, 9.17) is 11.6 Å². The second-order valence-corrected chi connectivity index (χ2v) is 5.16. The van der Waals surface area contributed by atoms with Crippen molar-refractivity contribution in [2.45, 2.75) is 13.0 Å². The van der Waals surface area contributed by atoms with E-state index in [0.717, 1.165) is 49.1 Å². The van der Waals surface area contributed by atoms with E-state index in [2.05, 4.69) is 21.4 Å². The third kappa shape index (κ3) is 3.60. The van der Waals surface area contributed by atoms with Crippen LogP contribution in [0.25, 0.3) is 5.65 Å². The second-order valence-electron chi connectivity index (χ2n) is 4.72. The van der Waals surface area contributed by atoms with Crippen LogP contribution in [0.4, 0.5) is 0 Å². The van der Waals surface area contributed by atoms with Gasteiger partial charge in [0.1, 0.15) is 5.65 Å². The summed E-state index contributed by atoms with van der Waals surface area (Å²) in [5, 5.41) is 4.15. The summed E-state index contributed by atoms with van der Waals surface area (Å²) in [5.74, 6) is 0. The molecule has 1 N–H and O–H groups in total. The van der Waals surface area contributed by atoms with Gasteiger partial charge < -0.3 is 9.72 Å². The van der Waals surface area contributed by atoms with Gasteiger partial charge in [0.05, 0.1) is 10.7 Å². The Kier molecular flexibility index (Phi) is 5.05. The number of hydrogen-bond acceptors (Lipinski definition) is 3. The van der Waals surface area contributed by atoms with E-state index in [-0.39, 0.29) is 12.4 Å². The van der Waals surface area contributed by atoms with Crippen molar-refractivity contribution >= 4 is 29.7 Å². The number of aromatic nitrogens is 2. The monoisotopic (exact) mass is 300 g/mol. The summed E-state index contributed by atoms with van der Waals surface area (Å²) in [6.45, 7) is 5.34. The Morgan fingerprint density at radius 3 is 3.00 bits per heavy atom. The van der Waals surface area contributed by atoms with Crippen molar-refractivity contribution in [3.63, 3.8) is 0 Å². The van der Waals surface area contributed by atoms with Crippen LogP contribution >= 0.6 is 24.0 Å². The van der Waals surface area contributed by atoms with Crippen molar-refractivity contribution in [3.05, 3.63) is 35.2 Å². The van der Waals surface area contributed by atoms with Gasteiger partial charge in [-0.2, -0.15) is 0 Å². The van der Waals surface area contributed by atoms with Crippen molar-refractivity contribution in [1.82, 2.24) is 19.6 Å². The smallest absolute Gasteiger partial charge is 0.137 e. The first-order chi connectivity index (χ1) is 8.81. The highest BCUT2D eigenvalue weighted by molar-refractivity contribution is 6.30. The van der Waals surface area contributed by atoms with Crippen molar-refractivity contribution in [3.8, 4) is 0 Å². The lowest BCUT2D eigenvalue weighted by atomic mass is 10.3. The van der Waals surface area contributed by atoms with Gasteiger partial charge in [-0.1, -0.05) is 11.6 Å². The molecule has 6 heteroatoms. The number of hydrogen-bond donors (Lipinski definition) is 1. The van der Waals surface area contributed by atoms with Crippen LogP contribution in [-0.4, -0.2) is 40.5 Å². The standard InChI is InChI=1S/C13H17ClN4.ClH/c14-11-2-3-13-16-12(10-18(13)8-11)9-17-6-1-4-15-5-7-17;/h2-3,8,10,15H,1,4-7,9H2;1H. The van der Waals surface area contributed by atoms with Crippen LogP contribution in [0.2, 0.25) is 5.02 Å². The van der Waals surface area contributed by atoms with Crippen molar-refractivity contribution in [2.24, 2.45) is 0 Å². The summed E-state index contributed by atoms with van der Waals surface area (Å²) < 4.78 is 1.99. The topological polar surface area (TPSA) is 32.6 Å². The Balaban J connectivity index is 0.00000133. The molecule has 0 aliphatic carbocycles. The number of imidazole rings is 1. The van der Waals surface area contributed by atoms with Gasteiger partial charge in [-0.25, -0.2) is 4.98 Å². The molecular weight excluding hydrogens is 283 g/mol. The highest BCUT2D eigenvalue weighted by Crippen LogP contribution is 2.13. The average molecular weight is 301 g/mol. The Morgan fingerprint density at radius 2 is 2.11 bits per heavy atom. The number of fused-ring (bicyclic) bond motifs is 1. The largest absolute Gasteiger partial charge is 0.315 e. The molecule has 1 fully saturated rings. The molecule has 3 heterocycles. The molecule has 1 aliphatic heterocycles. The first kappa shape index (κ1) is 14.6. The first-order valence-corrected chi connectivity index (χ1v) is 6.75. The quantitative estimate of drug-likeness (QED) is 0.923. The summed E-state index contributed by atoms with van der Waals surface area (Å²) in [7, 11) is 0. The fourth-order valence-electron chi connectivity index (χ4n) is 2.38. The van der Waals surface area contributed by atoms with Crippen LogP contribution < -0.4 is 5.32 Å². The minimum absolute atomic E-state index is 0. The number of rotatable bonds is 2. The maximum Gasteiger partial charge on any atom is 0.137 e. The third-order valence-corrected chi connectivity index (χ3v) is 3.51. The predicted molar refractivity (Wildman–Crippen MR) is 80.2 cm³/mol. The Bertz CT molecular complexity index is 532. The van der Waals surface area contributed by atoms with Gasteiger partial charge in [0.25, 0.3) is 0 Å². The molecule has 1 aliphatic rings. The summed E-state index contributed by atoms with van der Waals surface area (Å²) in [6, 6.07) is 3.83. The molecule has 0 bridgehead atoms. The molecule has 0 atom stereocenters. The van der Waals surface area contributed by atoms with Crippen LogP contribution in [-0.2, 0) is 6.54 Å². The number of pyridine rings is 1. The van der Waals surface area contributed by atoms with E-state index in [1.165, 1.54) is 6.42 Å². The summed E-state index contributed by atoms with van der Waals surface area (Å²) in [4.78, 5) is 7.07. The van der Waals surface area contributed by atoms with Gasteiger partial charge in [0, 0.05) is 32.0 Å². The van der Waals surface area contributed by atoms with Crippen molar-refractivity contribution < 1.29 is 0 Å². The lowest BCUT2D eigenvalue weighted by molar-refractivity contribution is 0.281. The minimum Gasteiger partial charge on any atom is -0.315 e. The Hall–Kier alpha value is -0.810. The molecule has 4 nitrogen and oxygen atoms in total. The van der Waals surface area contributed by atoms with Crippen molar-refractivity contribution in [1.29, 1.82) is 0 Å². The minimum atomic E-state index is 0. The molecule has 2 aromatic rings. The Labute approximate surface area is 124 Å². The van der Waals surface area contributed by atoms with E-state index in [0.29, 0.717) is 0 Å². The van der Waals surface area contributed by atoms with Crippen LogP contribution in [0, 0.1) is 0 Å². The van der Waals surface area contributed by atoms with Gasteiger partial charge in [-0.05, 0) is 31.6 Å². The molecule has 0 radical (unpaired) electrons. The normalized spacial score (nSPS) is 17.1. The maximum absolute atomic E-state index is 5.97. The number of nitrogens with zero attached hydrogens (tertiary/aromatic N) is 3. The van der Waals surface area contributed by atoms with Gasteiger partial charge in [0.15, 0.2) is 0 Å². The average Bonchev–Trinajstić information content (AvgIpc) is 2.57. The lowest BCUT2D eigenvalue weighted by Gasteiger charge is -2.17. The van der Waals surface area contributed by atoms with Crippen LogP contribution in [0.5, 0.6) is 0 Å². The molecular formula is C13H18Cl2N4. The van der Waals surface area contributed by atoms with Crippen LogP contribution in [0.3, 0.4) is 0 Å². The van der Waals surface area contributed by atoms with E-state index in [1.54, 1.807) is 0 Å². The predicted octanol–water partition coefficient (Wildman–Crippen LogP) is 2.20. The number of nitrogens with one attached hydrogen (secondary N) is 1. The van der Waals surface area contributed by atoms with Crippen LogP contribution in [0.1, 0.15) is 12.1 Å².